The van der Waals surface area contributed by atoms with Crippen LogP contribution in [-0.4, -0.2) is 79.2 Å². The molecule has 1 aromatic rings. The lowest BCUT2D eigenvalue weighted by molar-refractivity contribution is -0.114. The maximum Gasteiger partial charge on any atom is 0.272 e. The molecular weight excluding hydrogens is 354 g/mol. The minimum atomic E-state index is -3.72. The standard InChI is InChI=1S/C13H23N5O4S2/c1-9-7-17(8-10(2)18(9)5-6-22-4)24(20,21)13-16-15-12(23-13)14-11(3)19/h9-10H,5-8H2,1-4H3,(H,14,15,19). The van der Waals surface area contributed by atoms with Gasteiger partial charge in [-0.25, -0.2) is 8.42 Å². The largest absolute Gasteiger partial charge is 0.383 e. The molecule has 0 spiro atoms. The average Bonchev–Trinajstić information content (AvgIpc) is 2.94. The van der Waals surface area contributed by atoms with E-state index in [9.17, 15) is 13.2 Å². The summed E-state index contributed by atoms with van der Waals surface area (Å²) in [6.07, 6.45) is 0. The molecule has 0 bridgehead atoms. The molecule has 2 atom stereocenters. The lowest BCUT2D eigenvalue weighted by Gasteiger charge is -2.43. The van der Waals surface area contributed by atoms with Crippen LogP contribution in [0.25, 0.3) is 0 Å². The fourth-order valence-electron chi connectivity index (χ4n) is 2.77. The first kappa shape index (κ1) is 19.2. The van der Waals surface area contributed by atoms with Crippen LogP contribution in [0.4, 0.5) is 5.13 Å². The maximum absolute atomic E-state index is 12.8. The van der Waals surface area contributed by atoms with Crippen LogP contribution in [0.15, 0.2) is 4.34 Å². The highest BCUT2D eigenvalue weighted by Gasteiger charge is 2.37. The van der Waals surface area contributed by atoms with Gasteiger partial charge in [-0.05, 0) is 13.8 Å². The zero-order valence-corrected chi connectivity index (χ0v) is 15.9. The van der Waals surface area contributed by atoms with Crippen LogP contribution in [-0.2, 0) is 19.6 Å². The lowest BCUT2D eigenvalue weighted by Crippen LogP contribution is -2.58. The molecule has 1 fully saturated rings. The summed E-state index contributed by atoms with van der Waals surface area (Å²) in [4.78, 5) is 13.3. The predicted molar refractivity (Wildman–Crippen MR) is 90.5 cm³/mol. The molecule has 1 amide bonds. The summed E-state index contributed by atoms with van der Waals surface area (Å²) in [5.41, 5.74) is 0. The second kappa shape index (κ2) is 7.83. The van der Waals surface area contributed by atoms with Crippen LogP contribution in [0.2, 0.25) is 0 Å². The Bertz CT molecular complexity index is 666. The number of piperazine rings is 1. The molecule has 2 unspecified atom stereocenters. The van der Waals surface area contributed by atoms with Gasteiger partial charge in [0.05, 0.1) is 6.61 Å². The van der Waals surface area contributed by atoms with Crippen LogP contribution >= 0.6 is 11.3 Å². The molecule has 136 valence electrons. The smallest absolute Gasteiger partial charge is 0.272 e. The molecule has 1 aliphatic rings. The lowest BCUT2D eigenvalue weighted by atomic mass is 10.1. The van der Waals surface area contributed by atoms with Crippen LogP contribution < -0.4 is 5.32 Å². The number of rotatable bonds is 6. The van der Waals surface area contributed by atoms with Crippen LogP contribution in [0.1, 0.15) is 20.8 Å². The van der Waals surface area contributed by atoms with Crippen molar-refractivity contribution in [3.8, 4) is 0 Å². The molecule has 1 N–H and O–H groups in total. The third-order valence-electron chi connectivity index (χ3n) is 3.87. The third kappa shape index (κ3) is 4.28. The molecule has 11 heteroatoms. The zero-order chi connectivity index (χ0) is 17.9. The number of methoxy groups -OCH3 is 1. The fraction of sp³-hybridized carbons (Fsp3) is 0.769. The van der Waals surface area contributed by atoms with Crippen molar-refractivity contribution >= 4 is 32.4 Å². The van der Waals surface area contributed by atoms with Gasteiger partial charge < -0.3 is 10.1 Å². The summed E-state index contributed by atoms with van der Waals surface area (Å²) in [5.74, 6) is -0.316. The number of amides is 1. The van der Waals surface area contributed by atoms with Crippen molar-refractivity contribution in [2.75, 3.05) is 38.7 Å². The molecule has 0 saturated carbocycles. The second-order valence-electron chi connectivity index (χ2n) is 5.80. The van der Waals surface area contributed by atoms with Gasteiger partial charge in [-0.2, -0.15) is 4.31 Å². The van der Waals surface area contributed by atoms with Gasteiger partial charge in [0, 0.05) is 45.8 Å². The van der Waals surface area contributed by atoms with E-state index in [2.05, 4.69) is 20.4 Å². The fourth-order valence-corrected chi connectivity index (χ4v) is 5.45. The van der Waals surface area contributed by atoms with E-state index in [-0.39, 0.29) is 27.5 Å². The molecular formula is C13H23N5O4S2. The van der Waals surface area contributed by atoms with E-state index in [1.165, 1.54) is 11.2 Å². The first-order chi connectivity index (χ1) is 11.3. The molecule has 1 aliphatic heterocycles. The SMILES string of the molecule is COCCN1C(C)CN(S(=O)(=O)c2nnc(NC(C)=O)s2)CC1C. The monoisotopic (exact) mass is 377 g/mol. The van der Waals surface area contributed by atoms with Crippen molar-refractivity contribution < 1.29 is 17.9 Å². The van der Waals surface area contributed by atoms with E-state index in [4.69, 9.17) is 4.74 Å². The number of anilines is 1. The van der Waals surface area contributed by atoms with Gasteiger partial charge in [0.2, 0.25) is 15.4 Å². The Kier molecular flexibility index (Phi) is 6.26. The summed E-state index contributed by atoms with van der Waals surface area (Å²) >= 11 is 0.862. The number of ether oxygens (including phenoxy) is 1. The summed E-state index contributed by atoms with van der Waals surface area (Å²) in [6, 6.07) is 0.142. The van der Waals surface area contributed by atoms with Crippen molar-refractivity contribution in [3.05, 3.63) is 0 Å². The molecule has 0 aliphatic carbocycles. The van der Waals surface area contributed by atoms with Gasteiger partial charge in [0.15, 0.2) is 0 Å². The van der Waals surface area contributed by atoms with Crippen molar-refractivity contribution in [1.29, 1.82) is 0 Å². The molecule has 2 rings (SSSR count). The van der Waals surface area contributed by atoms with E-state index in [0.29, 0.717) is 19.7 Å². The molecule has 24 heavy (non-hydrogen) atoms. The number of aromatic nitrogens is 2. The summed E-state index contributed by atoms with van der Waals surface area (Å²) < 4.78 is 32.0. The summed E-state index contributed by atoms with van der Waals surface area (Å²) in [6.45, 7) is 7.46. The number of carbonyl (C=O) groups excluding carboxylic acids is 1. The Morgan fingerprint density at radius 1 is 1.33 bits per heavy atom. The van der Waals surface area contributed by atoms with E-state index in [1.54, 1.807) is 7.11 Å². The number of nitrogens with one attached hydrogen (secondary N) is 1. The average molecular weight is 377 g/mol. The molecule has 2 heterocycles. The molecule has 0 radical (unpaired) electrons. The Balaban J connectivity index is 2.13. The number of sulfonamides is 1. The molecule has 9 nitrogen and oxygen atoms in total. The molecule has 1 saturated heterocycles. The highest BCUT2D eigenvalue weighted by atomic mass is 32.2. The van der Waals surface area contributed by atoms with Crippen molar-refractivity contribution in [2.45, 2.75) is 37.2 Å². The van der Waals surface area contributed by atoms with E-state index < -0.39 is 10.0 Å². The number of nitrogens with zero attached hydrogens (tertiary/aromatic N) is 4. The van der Waals surface area contributed by atoms with E-state index >= 15 is 0 Å². The topological polar surface area (TPSA) is 105 Å². The van der Waals surface area contributed by atoms with Gasteiger partial charge >= 0.3 is 0 Å². The van der Waals surface area contributed by atoms with Crippen LogP contribution in [0.3, 0.4) is 0 Å². The number of hydrogen-bond acceptors (Lipinski definition) is 8. The molecule has 1 aromatic heterocycles. The van der Waals surface area contributed by atoms with Crippen LogP contribution in [0, 0.1) is 0 Å². The zero-order valence-electron chi connectivity index (χ0n) is 14.2. The first-order valence-corrected chi connectivity index (χ1v) is 9.87. The van der Waals surface area contributed by atoms with Crippen LogP contribution in [0.5, 0.6) is 0 Å². The second-order valence-corrected chi connectivity index (χ2v) is 8.89. The Hall–Kier alpha value is -1.14. The van der Waals surface area contributed by atoms with E-state index in [0.717, 1.165) is 17.9 Å². The quantitative estimate of drug-likeness (QED) is 0.707. The third-order valence-corrected chi connectivity index (χ3v) is 6.89. The Morgan fingerprint density at radius 3 is 2.50 bits per heavy atom. The van der Waals surface area contributed by atoms with Gasteiger partial charge in [0.25, 0.3) is 10.0 Å². The highest BCUT2D eigenvalue weighted by molar-refractivity contribution is 7.91. The number of hydrogen-bond donors (Lipinski definition) is 1. The summed E-state index contributed by atoms with van der Waals surface area (Å²) in [5, 5.41) is 10.1. The van der Waals surface area contributed by atoms with Crippen molar-refractivity contribution in [3.63, 3.8) is 0 Å². The van der Waals surface area contributed by atoms with Gasteiger partial charge in [-0.1, -0.05) is 11.3 Å². The van der Waals surface area contributed by atoms with Crippen molar-refractivity contribution in [2.24, 2.45) is 0 Å². The van der Waals surface area contributed by atoms with Gasteiger partial charge in [-0.15, -0.1) is 10.2 Å². The van der Waals surface area contributed by atoms with Gasteiger partial charge in [0.1, 0.15) is 0 Å². The number of carbonyl (C=O) groups is 1. The van der Waals surface area contributed by atoms with Crippen molar-refractivity contribution in [1.82, 2.24) is 19.4 Å². The normalized spacial score (nSPS) is 23.3. The first-order valence-electron chi connectivity index (χ1n) is 7.61. The highest BCUT2D eigenvalue weighted by Crippen LogP contribution is 2.26. The molecule has 0 aromatic carbocycles. The Labute approximate surface area is 146 Å². The predicted octanol–water partition coefficient (Wildman–Crippen LogP) is 0.226. The minimum absolute atomic E-state index is 0.0708. The van der Waals surface area contributed by atoms with Gasteiger partial charge in [-0.3, -0.25) is 9.69 Å². The maximum atomic E-state index is 12.8. The minimum Gasteiger partial charge on any atom is -0.383 e. The summed E-state index contributed by atoms with van der Waals surface area (Å²) in [7, 11) is -2.07. The Morgan fingerprint density at radius 2 is 1.96 bits per heavy atom. The van der Waals surface area contributed by atoms with E-state index in [1.807, 2.05) is 13.8 Å².